The summed E-state index contributed by atoms with van der Waals surface area (Å²) in [4.78, 5) is 9.98. The van der Waals surface area contributed by atoms with Gasteiger partial charge in [-0.25, -0.2) is 0 Å². The second-order valence-electron chi connectivity index (χ2n) is 2.68. The third-order valence-electron chi connectivity index (χ3n) is 1.64. The van der Waals surface area contributed by atoms with E-state index in [2.05, 4.69) is 19.6 Å². The van der Waals surface area contributed by atoms with Crippen molar-refractivity contribution in [3.05, 3.63) is 0 Å². The Labute approximate surface area is 73.4 Å². The van der Waals surface area contributed by atoms with E-state index < -0.39 is 5.97 Å². The van der Waals surface area contributed by atoms with Gasteiger partial charge in [0, 0.05) is 11.2 Å². The maximum Gasteiger partial charge on any atom is 0.0414 e. The van der Waals surface area contributed by atoms with E-state index in [4.69, 9.17) is 0 Å². The first-order chi connectivity index (χ1) is 5.16. The number of carbonyl (C=O) groups excluding carboxylic acids is 1. The molecule has 1 atom stereocenters. The maximum absolute atomic E-state index is 9.98. The lowest BCUT2D eigenvalue weighted by molar-refractivity contribution is -0.305. The maximum atomic E-state index is 9.98. The summed E-state index contributed by atoms with van der Waals surface area (Å²) < 4.78 is 0. The molecule has 0 aromatic carbocycles. The second-order valence-corrected chi connectivity index (χ2v) is 3.41. The van der Waals surface area contributed by atoms with Crippen molar-refractivity contribution in [3.8, 4) is 0 Å². The number of hydrogen-bond acceptors (Lipinski definition) is 3. The summed E-state index contributed by atoms with van der Waals surface area (Å²) in [7, 11) is 0. The molecule has 0 aliphatic carbocycles. The van der Waals surface area contributed by atoms with E-state index in [0.717, 1.165) is 25.7 Å². The molecular formula is C8H15O2S-. The van der Waals surface area contributed by atoms with Gasteiger partial charge in [0.05, 0.1) is 0 Å². The lowest BCUT2D eigenvalue weighted by Crippen LogP contribution is -2.21. The number of hydrogen-bond donors (Lipinski definition) is 1. The highest BCUT2D eigenvalue weighted by Gasteiger charge is 1.98. The summed E-state index contributed by atoms with van der Waals surface area (Å²) in [5.41, 5.74) is 0. The Morgan fingerprint density at radius 1 is 1.55 bits per heavy atom. The van der Waals surface area contributed by atoms with Gasteiger partial charge in [-0.05, 0) is 25.7 Å². The lowest BCUT2D eigenvalue weighted by atomic mass is 10.1. The van der Waals surface area contributed by atoms with Crippen LogP contribution in [-0.2, 0) is 4.79 Å². The Balaban J connectivity index is 3.08. The van der Waals surface area contributed by atoms with Crippen molar-refractivity contribution in [3.63, 3.8) is 0 Å². The summed E-state index contributed by atoms with van der Waals surface area (Å²) in [5.74, 6) is -0.947. The van der Waals surface area contributed by atoms with E-state index in [-0.39, 0.29) is 6.42 Å². The molecule has 0 bridgehead atoms. The molecule has 0 spiro atoms. The zero-order valence-corrected chi connectivity index (χ0v) is 7.77. The summed E-state index contributed by atoms with van der Waals surface area (Å²) in [6, 6.07) is 0. The molecule has 1 unspecified atom stereocenters. The highest BCUT2D eigenvalue weighted by atomic mass is 32.1. The smallest absolute Gasteiger partial charge is 0.0414 e. The highest BCUT2D eigenvalue weighted by molar-refractivity contribution is 7.80. The van der Waals surface area contributed by atoms with Crippen molar-refractivity contribution in [2.24, 2.45) is 0 Å². The average Bonchev–Trinajstić information content (AvgIpc) is 1.97. The van der Waals surface area contributed by atoms with Crippen molar-refractivity contribution in [1.82, 2.24) is 0 Å². The number of carboxylic acid groups (broad SMARTS) is 1. The highest BCUT2D eigenvalue weighted by Crippen LogP contribution is 2.10. The fourth-order valence-corrected chi connectivity index (χ4v) is 1.04. The number of unbranched alkanes of at least 4 members (excludes halogenated alkanes) is 1. The molecule has 0 N–H and O–H groups in total. The van der Waals surface area contributed by atoms with Gasteiger partial charge in [-0.2, -0.15) is 12.6 Å². The first-order valence-corrected chi connectivity index (χ1v) is 4.56. The van der Waals surface area contributed by atoms with Crippen molar-refractivity contribution < 1.29 is 9.90 Å². The minimum absolute atomic E-state index is 0.185. The summed E-state index contributed by atoms with van der Waals surface area (Å²) >= 11 is 4.29. The molecule has 11 heavy (non-hydrogen) atoms. The lowest BCUT2D eigenvalue weighted by Gasteiger charge is -2.06. The van der Waals surface area contributed by atoms with Gasteiger partial charge in [0.25, 0.3) is 0 Å². The zero-order valence-electron chi connectivity index (χ0n) is 6.88. The van der Waals surface area contributed by atoms with Crippen LogP contribution in [0.15, 0.2) is 0 Å². The van der Waals surface area contributed by atoms with Crippen molar-refractivity contribution in [2.45, 2.75) is 44.3 Å². The minimum atomic E-state index is -0.947. The fourth-order valence-electron chi connectivity index (χ4n) is 0.853. The topological polar surface area (TPSA) is 40.1 Å². The van der Waals surface area contributed by atoms with Crippen LogP contribution in [0, 0.1) is 0 Å². The fraction of sp³-hybridized carbons (Fsp3) is 0.875. The van der Waals surface area contributed by atoms with Crippen LogP contribution in [-0.4, -0.2) is 11.2 Å². The SMILES string of the molecule is CCC(S)CCCCC(=O)[O-]. The molecule has 0 radical (unpaired) electrons. The van der Waals surface area contributed by atoms with E-state index in [0.29, 0.717) is 5.25 Å². The van der Waals surface area contributed by atoms with E-state index >= 15 is 0 Å². The van der Waals surface area contributed by atoms with Crippen LogP contribution in [0.5, 0.6) is 0 Å². The van der Waals surface area contributed by atoms with Crippen LogP contribution in [0.25, 0.3) is 0 Å². The normalized spacial score (nSPS) is 12.9. The van der Waals surface area contributed by atoms with Crippen LogP contribution in [0.3, 0.4) is 0 Å². The molecule has 66 valence electrons. The number of rotatable bonds is 6. The molecule has 0 rings (SSSR count). The minimum Gasteiger partial charge on any atom is -0.550 e. The van der Waals surface area contributed by atoms with Gasteiger partial charge < -0.3 is 9.90 Å². The number of thiol groups is 1. The summed E-state index contributed by atoms with van der Waals surface area (Å²) in [6.07, 6.45) is 3.90. The molecule has 0 aromatic rings. The molecule has 0 amide bonds. The molecule has 0 saturated heterocycles. The zero-order chi connectivity index (χ0) is 8.69. The van der Waals surface area contributed by atoms with Crippen LogP contribution >= 0.6 is 12.6 Å². The van der Waals surface area contributed by atoms with Crippen molar-refractivity contribution >= 4 is 18.6 Å². The van der Waals surface area contributed by atoms with Crippen molar-refractivity contribution in [2.75, 3.05) is 0 Å². The predicted molar refractivity (Wildman–Crippen MR) is 46.5 cm³/mol. The molecule has 0 aliphatic rings. The molecule has 2 nitrogen and oxygen atoms in total. The van der Waals surface area contributed by atoms with E-state index in [1.165, 1.54) is 0 Å². The average molecular weight is 175 g/mol. The van der Waals surface area contributed by atoms with Crippen LogP contribution in [0.4, 0.5) is 0 Å². The monoisotopic (exact) mass is 175 g/mol. The van der Waals surface area contributed by atoms with E-state index in [9.17, 15) is 9.90 Å². The first kappa shape index (κ1) is 10.8. The number of carboxylic acids is 1. The standard InChI is InChI=1S/C8H16O2S/c1-2-7(11)5-3-4-6-8(9)10/h7,11H,2-6H2,1H3,(H,9,10)/p-1. The molecule has 3 heteroatoms. The van der Waals surface area contributed by atoms with Gasteiger partial charge in [-0.3, -0.25) is 0 Å². The number of aliphatic carboxylic acids is 1. The molecular weight excluding hydrogens is 160 g/mol. The second kappa shape index (κ2) is 6.53. The molecule has 0 fully saturated rings. The van der Waals surface area contributed by atoms with Gasteiger partial charge in [-0.15, -0.1) is 0 Å². The van der Waals surface area contributed by atoms with Gasteiger partial charge in [0.15, 0.2) is 0 Å². The first-order valence-electron chi connectivity index (χ1n) is 4.04. The third-order valence-corrected chi connectivity index (χ3v) is 2.26. The Bertz CT molecular complexity index is 115. The Kier molecular flexibility index (Phi) is 6.42. The van der Waals surface area contributed by atoms with Crippen molar-refractivity contribution in [1.29, 1.82) is 0 Å². The molecule has 0 aromatic heterocycles. The summed E-state index contributed by atoms with van der Waals surface area (Å²) in [5, 5.41) is 10.4. The largest absolute Gasteiger partial charge is 0.550 e. The van der Waals surface area contributed by atoms with E-state index in [1.807, 2.05) is 0 Å². The Morgan fingerprint density at radius 2 is 2.18 bits per heavy atom. The van der Waals surface area contributed by atoms with E-state index in [1.54, 1.807) is 0 Å². The molecule has 0 heterocycles. The Morgan fingerprint density at radius 3 is 2.64 bits per heavy atom. The van der Waals surface area contributed by atoms with Gasteiger partial charge >= 0.3 is 0 Å². The number of carbonyl (C=O) groups is 1. The van der Waals surface area contributed by atoms with Crippen LogP contribution in [0.2, 0.25) is 0 Å². The van der Waals surface area contributed by atoms with Gasteiger partial charge in [-0.1, -0.05) is 13.3 Å². The Hall–Kier alpha value is -0.180. The molecule has 0 saturated carbocycles. The van der Waals surface area contributed by atoms with Gasteiger partial charge in [0.2, 0.25) is 0 Å². The predicted octanol–water partition coefficient (Wildman–Crippen LogP) is 1.01. The quantitative estimate of drug-likeness (QED) is 0.483. The van der Waals surface area contributed by atoms with Gasteiger partial charge in [0.1, 0.15) is 0 Å². The molecule has 0 aliphatic heterocycles. The van der Waals surface area contributed by atoms with Crippen LogP contribution in [0.1, 0.15) is 39.0 Å². The van der Waals surface area contributed by atoms with Crippen LogP contribution < -0.4 is 5.11 Å². The summed E-state index contributed by atoms with van der Waals surface area (Å²) in [6.45, 7) is 2.08. The third kappa shape index (κ3) is 7.72.